The van der Waals surface area contributed by atoms with Crippen LogP contribution in [-0.4, -0.2) is 110 Å². The van der Waals surface area contributed by atoms with Crippen molar-refractivity contribution in [2.24, 2.45) is 0 Å². The summed E-state index contributed by atoms with van der Waals surface area (Å²) in [5.41, 5.74) is 0. The third-order valence-corrected chi connectivity index (χ3v) is 10.2. The molecule has 0 aliphatic carbocycles. The van der Waals surface area contributed by atoms with Crippen LogP contribution in [0.1, 0.15) is 162 Å². The summed E-state index contributed by atoms with van der Waals surface area (Å²) in [6.07, 6.45) is 25.0. The lowest BCUT2D eigenvalue weighted by atomic mass is 9.98. The van der Waals surface area contributed by atoms with Gasteiger partial charge in [-0.1, -0.05) is 134 Å². The van der Waals surface area contributed by atoms with E-state index in [0.717, 1.165) is 44.9 Å². The SMILES string of the molecule is CCCCC/C=C\C=C/CCCCCCCCCCCC(O)C(=O)NC(COC1OC(CO)C(O)C(O)C1O)C(O)C(O)CCC/C=C/CCCCCC. The highest BCUT2D eigenvalue weighted by molar-refractivity contribution is 5.80. The van der Waals surface area contributed by atoms with E-state index in [9.17, 15) is 40.5 Å². The number of rotatable bonds is 34. The van der Waals surface area contributed by atoms with Gasteiger partial charge in [0.15, 0.2) is 6.29 Å². The predicted molar refractivity (Wildman–Crippen MR) is 215 cm³/mol. The van der Waals surface area contributed by atoms with Crippen molar-refractivity contribution in [1.82, 2.24) is 5.32 Å². The Kier molecular flexibility index (Phi) is 31.2. The lowest BCUT2D eigenvalue weighted by Crippen LogP contribution is -2.60. The second-order valence-corrected chi connectivity index (χ2v) is 15.1. The Balaban J connectivity index is 2.47. The number of hydrogen-bond donors (Lipinski definition) is 8. The quantitative estimate of drug-likeness (QED) is 0.0217. The Morgan fingerprint density at radius 1 is 0.648 bits per heavy atom. The molecule has 0 aromatic heterocycles. The summed E-state index contributed by atoms with van der Waals surface area (Å²) in [6.45, 7) is 3.32. The van der Waals surface area contributed by atoms with E-state index in [1.165, 1.54) is 77.0 Å². The first-order valence-electron chi connectivity index (χ1n) is 21.4. The van der Waals surface area contributed by atoms with Crippen molar-refractivity contribution in [3.8, 4) is 0 Å². The highest BCUT2D eigenvalue weighted by Crippen LogP contribution is 2.23. The number of carbonyl (C=O) groups excluding carboxylic acids is 1. The lowest BCUT2D eigenvalue weighted by molar-refractivity contribution is -0.303. The van der Waals surface area contributed by atoms with Gasteiger partial charge in [-0.2, -0.15) is 0 Å². The predicted octanol–water partition coefficient (Wildman–Crippen LogP) is 6.05. The van der Waals surface area contributed by atoms with Crippen LogP contribution in [0.3, 0.4) is 0 Å². The average Bonchev–Trinajstić information content (AvgIpc) is 3.17. The average molecular weight is 770 g/mol. The fourth-order valence-electron chi connectivity index (χ4n) is 6.55. The third-order valence-electron chi connectivity index (χ3n) is 10.2. The molecule has 54 heavy (non-hydrogen) atoms. The van der Waals surface area contributed by atoms with Crippen molar-refractivity contribution in [1.29, 1.82) is 0 Å². The summed E-state index contributed by atoms with van der Waals surface area (Å²) in [7, 11) is 0. The summed E-state index contributed by atoms with van der Waals surface area (Å²) in [4.78, 5) is 13.0. The molecule has 9 unspecified atom stereocenters. The molecule has 1 fully saturated rings. The number of aliphatic hydroxyl groups is 7. The van der Waals surface area contributed by atoms with Gasteiger partial charge in [-0.05, 0) is 64.2 Å². The number of unbranched alkanes of at least 4 members (excludes halogenated alkanes) is 17. The molecule has 0 aromatic carbocycles. The highest BCUT2D eigenvalue weighted by atomic mass is 16.7. The smallest absolute Gasteiger partial charge is 0.249 e. The van der Waals surface area contributed by atoms with Crippen LogP contribution in [0.25, 0.3) is 0 Å². The first kappa shape index (κ1) is 50.3. The van der Waals surface area contributed by atoms with E-state index in [1.807, 2.05) is 0 Å². The first-order valence-corrected chi connectivity index (χ1v) is 21.4. The van der Waals surface area contributed by atoms with Crippen LogP contribution in [0.2, 0.25) is 0 Å². The zero-order valence-corrected chi connectivity index (χ0v) is 33.7. The van der Waals surface area contributed by atoms with E-state index >= 15 is 0 Å². The number of hydrogen-bond acceptors (Lipinski definition) is 10. The van der Waals surface area contributed by atoms with Gasteiger partial charge in [-0.25, -0.2) is 0 Å². The molecule has 1 amide bonds. The Morgan fingerprint density at radius 2 is 1.15 bits per heavy atom. The zero-order chi connectivity index (χ0) is 39.8. The molecule has 1 aliphatic rings. The van der Waals surface area contributed by atoms with Crippen molar-refractivity contribution in [2.45, 2.75) is 217 Å². The van der Waals surface area contributed by atoms with Crippen molar-refractivity contribution < 1.29 is 50.0 Å². The van der Waals surface area contributed by atoms with Crippen LogP contribution in [0.15, 0.2) is 36.5 Å². The van der Waals surface area contributed by atoms with Gasteiger partial charge < -0.3 is 50.5 Å². The van der Waals surface area contributed by atoms with Gasteiger partial charge >= 0.3 is 0 Å². The van der Waals surface area contributed by atoms with Gasteiger partial charge in [0.2, 0.25) is 5.91 Å². The molecule has 11 heteroatoms. The molecule has 1 aliphatic heterocycles. The summed E-state index contributed by atoms with van der Waals surface area (Å²) in [6, 6.07) is -1.18. The standard InChI is InChI=1S/C43H79NO10/c1-3-5-7-9-11-13-14-15-16-17-18-19-20-21-23-25-27-29-31-36(47)42(52)44-34(33-53-43-41(51)40(50)39(49)37(32-45)54-43)38(48)35(46)30-28-26-24-22-12-10-8-6-4-2/h11,13-15,22,24,34-41,43,45-51H,3-10,12,16-21,23,25-33H2,1-2H3,(H,44,52)/b13-11-,15-14-,24-22+. The van der Waals surface area contributed by atoms with Gasteiger partial charge in [0.1, 0.15) is 36.6 Å². The normalized spacial score (nSPS) is 23.0. The van der Waals surface area contributed by atoms with Crippen molar-refractivity contribution in [2.75, 3.05) is 13.2 Å². The van der Waals surface area contributed by atoms with Crippen molar-refractivity contribution in [3.05, 3.63) is 36.5 Å². The molecule has 8 N–H and O–H groups in total. The number of amides is 1. The van der Waals surface area contributed by atoms with Crippen LogP contribution in [0.5, 0.6) is 0 Å². The molecule has 0 aromatic rings. The topological polar surface area (TPSA) is 189 Å². The second-order valence-electron chi connectivity index (χ2n) is 15.1. The van der Waals surface area contributed by atoms with Crippen LogP contribution in [-0.2, 0) is 14.3 Å². The maximum Gasteiger partial charge on any atom is 0.249 e. The summed E-state index contributed by atoms with van der Waals surface area (Å²) in [5.74, 6) is -0.715. The fraction of sp³-hybridized carbons (Fsp3) is 0.837. The number of nitrogens with one attached hydrogen (secondary N) is 1. The minimum atomic E-state index is -1.67. The summed E-state index contributed by atoms with van der Waals surface area (Å²) in [5, 5.41) is 75.2. The molecule has 0 bridgehead atoms. The highest BCUT2D eigenvalue weighted by Gasteiger charge is 2.44. The van der Waals surface area contributed by atoms with Gasteiger partial charge in [0, 0.05) is 0 Å². The van der Waals surface area contributed by atoms with Crippen LogP contribution in [0.4, 0.5) is 0 Å². The minimum Gasteiger partial charge on any atom is -0.394 e. The lowest BCUT2D eigenvalue weighted by Gasteiger charge is -2.40. The van der Waals surface area contributed by atoms with E-state index in [1.54, 1.807) is 0 Å². The number of aliphatic hydroxyl groups excluding tert-OH is 7. The minimum absolute atomic E-state index is 0.247. The van der Waals surface area contributed by atoms with E-state index < -0.39 is 74.2 Å². The molecule has 0 saturated carbocycles. The molecule has 9 atom stereocenters. The van der Waals surface area contributed by atoms with Crippen molar-refractivity contribution in [3.63, 3.8) is 0 Å². The third kappa shape index (κ3) is 23.4. The molecular formula is C43H79NO10. The molecule has 1 rings (SSSR count). The molecule has 316 valence electrons. The van der Waals surface area contributed by atoms with Gasteiger partial charge in [0.05, 0.1) is 25.4 Å². The Morgan fingerprint density at radius 3 is 1.74 bits per heavy atom. The summed E-state index contributed by atoms with van der Waals surface area (Å²) < 4.78 is 11.0. The van der Waals surface area contributed by atoms with Crippen molar-refractivity contribution >= 4 is 5.91 Å². The largest absolute Gasteiger partial charge is 0.394 e. The number of carbonyl (C=O) groups is 1. The maximum absolute atomic E-state index is 13.0. The van der Waals surface area contributed by atoms with E-state index in [0.29, 0.717) is 12.8 Å². The molecule has 11 nitrogen and oxygen atoms in total. The van der Waals surface area contributed by atoms with E-state index in [-0.39, 0.29) is 12.8 Å². The molecule has 0 spiro atoms. The number of allylic oxidation sites excluding steroid dienone is 6. The van der Waals surface area contributed by atoms with Crippen LogP contribution < -0.4 is 5.32 Å². The number of ether oxygens (including phenoxy) is 2. The van der Waals surface area contributed by atoms with Gasteiger partial charge in [-0.15, -0.1) is 0 Å². The Hall–Kier alpha value is -1.67. The van der Waals surface area contributed by atoms with Gasteiger partial charge in [-0.3, -0.25) is 4.79 Å². The molecule has 1 saturated heterocycles. The Bertz CT molecular complexity index is 976. The van der Waals surface area contributed by atoms with Crippen LogP contribution in [0, 0.1) is 0 Å². The summed E-state index contributed by atoms with van der Waals surface area (Å²) >= 11 is 0. The van der Waals surface area contributed by atoms with Crippen LogP contribution >= 0.6 is 0 Å². The fourth-order valence-corrected chi connectivity index (χ4v) is 6.55. The Labute approximate surface area is 326 Å². The second kappa shape index (κ2) is 33.5. The van der Waals surface area contributed by atoms with E-state index in [4.69, 9.17) is 9.47 Å². The first-order chi connectivity index (χ1) is 26.2. The molecule has 1 heterocycles. The molecular weight excluding hydrogens is 690 g/mol. The maximum atomic E-state index is 13.0. The van der Waals surface area contributed by atoms with E-state index in [2.05, 4.69) is 55.6 Å². The monoisotopic (exact) mass is 770 g/mol. The zero-order valence-electron chi connectivity index (χ0n) is 33.7. The molecule has 0 radical (unpaired) electrons. The van der Waals surface area contributed by atoms with Gasteiger partial charge in [0.25, 0.3) is 0 Å².